The van der Waals surface area contributed by atoms with E-state index in [0.717, 1.165) is 0 Å². The van der Waals surface area contributed by atoms with Crippen molar-refractivity contribution < 1.29 is 54.2 Å². The van der Waals surface area contributed by atoms with Crippen LogP contribution in [0.2, 0.25) is 0 Å². The SMILES string of the molecule is NC(=O)C(OCc1ccccc1)N1C(=O)C(F)(F)Oc2cc(F)c(-c3c(F)c(F)c(F)c(F)c3F)cc21. The van der Waals surface area contributed by atoms with Crippen LogP contribution in [0.1, 0.15) is 5.56 Å². The Balaban J connectivity index is 1.89. The van der Waals surface area contributed by atoms with Crippen LogP contribution in [0.5, 0.6) is 5.75 Å². The van der Waals surface area contributed by atoms with Gasteiger partial charge in [-0.2, -0.15) is 8.78 Å². The summed E-state index contributed by atoms with van der Waals surface area (Å²) in [6, 6.07) is 8.20. The van der Waals surface area contributed by atoms with Gasteiger partial charge in [-0.25, -0.2) is 26.3 Å². The number of fused-ring (bicyclic) bond motifs is 1. The maximum Gasteiger partial charge on any atom is 0.483 e. The molecule has 0 saturated carbocycles. The van der Waals surface area contributed by atoms with E-state index in [2.05, 4.69) is 4.74 Å². The van der Waals surface area contributed by atoms with Gasteiger partial charge in [-0.3, -0.25) is 14.5 Å². The van der Waals surface area contributed by atoms with Crippen LogP contribution in [0.25, 0.3) is 11.1 Å². The monoisotopic (exact) mass is 532 g/mol. The van der Waals surface area contributed by atoms with Crippen molar-refractivity contribution in [3.63, 3.8) is 0 Å². The molecule has 3 aromatic rings. The number of hydrogen-bond acceptors (Lipinski definition) is 4. The van der Waals surface area contributed by atoms with Crippen LogP contribution >= 0.6 is 0 Å². The van der Waals surface area contributed by atoms with Crippen LogP contribution in [0.15, 0.2) is 42.5 Å². The number of rotatable bonds is 6. The van der Waals surface area contributed by atoms with Crippen molar-refractivity contribution in [1.29, 1.82) is 0 Å². The second kappa shape index (κ2) is 9.35. The van der Waals surface area contributed by atoms with Crippen LogP contribution in [0, 0.1) is 34.9 Å². The van der Waals surface area contributed by atoms with E-state index in [0.29, 0.717) is 5.56 Å². The largest absolute Gasteiger partial charge is 0.483 e. The number of ether oxygens (including phenoxy) is 2. The molecule has 37 heavy (non-hydrogen) atoms. The lowest BCUT2D eigenvalue weighted by molar-refractivity contribution is -0.196. The third kappa shape index (κ3) is 4.43. The number of nitrogens with two attached hydrogens (primary N) is 1. The highest BCUT2D eigenvalue weighted by Crippen LogP contribution is 2.45. The number of alkyl halides is 2. The van der Waals surface area contributed by atoms with Gasteiger partial charge >= 0.3 is 12.0 Å². The molecule has 14 heteroatoms. The number of halogens is 8. The summed E-state index contributed by atoms with van der Waals surface area (Å²) in [6.07, 6.45) is -6.98. The summed E-state index contributed by atoms with van der Waals surface area (Å²) >= 11 is 0. The Kier molecular flexibility index (Phi) is 6.54. The van der Waals surface area contributed by atoms with Crippen LogP contribution in [0.3, 0.4) is 0 Å². The van der Waals surface area contributed by atoms with E-state index < -0.39 is 88.2 Å². The molecule has 0 bridgehead atoms. The van der Waals surface area contributed by atoms with E-state index >= 15 is 0 Å². The zero-order valence-electron chi connectivity index (χ0n) is 18.0. The molecule has 0 radical (unpaired) electrons. The molecule has 1 aliphatic heterocycles. The van der Waals surface area contributed by atoms with Gasteiger partial charge in [-0.1, -0.05) is 30.3 Å². The molecule has 1 atom stereocenters. The van der Waals surface area contributed by atoms with Crippen molar-refractivity contribution in [3.8, 4) is 16.9 Å². The van der Waals surface area contributed by atoms with Crippen LogP contribution < -0.4 is 15.4 Å². The average Bonchev–Trinajstić information content (AvgIpc) is 2.85. The zero-order chi connectivity index (χ0) is 27.2. The smallest absolute Gasteiger partial charge is 0.423 e. The Labute approximate surface area is 201 Å². The molecule has 0 aromatic heterocycles. The average molecular weight is 532 g/mol. The molecule has 2 N–H and O–H groups in total. The third-order valence-electron chi connectivity index (χ3n) is 5.22. The second-order valence-corrected chi connectivity index (χ2v) is 7.59. The number of carbonyl (C=O) groups is 2. The minimum atomic E-state index is -4.69. The minimum absolute atomic E-state index is 0.0565. The van der Waals surface area contributed by atoms with E-state index in [1.807, 2.05) is 0 Å². The van der Waals surface area contributed by atoms with Gasteiger partial charge in [-0.05, 0) is 11.6 Å². The molecule has 194 valence electrons. The molecule has 4 rings (SSSR count). The third-order valence-corrected chi connectivity index (χ3v) is 5.22. The molecule has 1 aliphatic rings. The molecule has 1 heterocycles. The summed E-state index contributed by atoms with van der Waals surface area (Å²) < 4.78 is 123. The number of benzene rings is 3. The number of carbonyl (C=O) groups excluding carboxylic acids is 2. The summed E-state index contributed by atoms with van der Waals surface area (Å²) in [5.41, 5.74) is 1.64. The Morgan fingerprint density at radius 3 is 2.08 bits per heavy atom. The normalized spacial score (nSPS) is 15.2. The molecule has 0 saturated heterocycles. The summed E-state index contributed by atoms with van der Waals surface area (Å²) in [4.78, 5) is 24.6. The fraction of sp³-hybridized carbons (Fsp3) is 0.130. The second-order valence-electron chi connectivity index (χ2n) is 7.59. The lowest BCUT2D eigenvalue weighted by Gasteiger charge is -2.37. The molecule has 0 aliphatic carbocycles. The Morgan fingerprint density at radius 2 is 1.51 bits per heavy atom. The van der Waals surface area contributed by atoms with Crippen molar-refractivity contribution in [3.05, 3.63) is 82.9 Å². The van der Waals surface area contributed by atoms with E-state index in [4.69, 9.17) is 10.5 Å². The van der Waals surface area contributed by atoms with E-state index in [-0.39, 0.29) is 17.0 Å². The predicted octanol–water partition coefficient (Wildman–Crippen LogP) is 4.53. The van der Waals surface area contributed by atoms with Crippen molar-refractivity contribution in [2.75, 3.05) is 4.90 Å². The molecular formula is C23H12F8N2O4. The van der Waals surface area contributed by atoms with Crippen LogP contribution in [0.4, 0.5) is 40.8 Å². The number of anilines is 1. The predicted molar refractivity (Wildman–Crippen MR) is 109 cm³/mol. The quantitative estimate of drug-likeness (QED) is 0.287. The molecule has 2 amide bonds. The van der Waals surface area contributed by atoms with E-state index in [1.54, 1.807) is 18.2 Å². The van der Waals surface area contributed by atoms with Crippen LogP contribution in [-0.4, -0.2) is 24.2 Å². The van der Waals surface area contributed by atoms with Gasteiger partial charge in [0.2, 0.25) is 12.0 Å². The summed E-state index contributed by atoms with van der Waals surface area (Å²) in [6.45, 7) is -0.453. The highest BCUT2D eigenvalue weighted by atomic mass is 19.3. The van der Waals surface area contributed by atoms with Crippen molar-refractivity contribution in [2.45, 2.75) is 18.9 Å². The lowest BCUT2D eigenvalue weighted by Crippen LogP contribution is -2.58. The van der Waals surface area contributed by atoms with Crippen molar-refractivity contribution in [1.82, 2.24) is 0 Å². The molecule has 1 unspecified atom stereocenters. The van der Waals surface area contributed by atoms with Crippen molar-refractivity contribution >= 4 is 17.5 Å². The maximum atomic E-state index is 14.8. The fourth-order valence-electron chi connectivity index (χ4n) is 3.54. The number of hydrogen-bond donors (Lipinski definition) is 1. The van der Waals surface area contributed by atoms with Gasteiger partial charge in [0.15, 0.2) is 29.0 Å². The van der Waals surface area contributed by atoms with Gasteiger partial charge in [0, 0.05) is 11.6 Å². The fourth-order valence-corrected chi connectivity index (χ4v) is 3.54. The number of primary amides is 1. The lowest BCUT2D eigenvalue weighted by atomic mass is 10.0. The first kappa shape index (κ1) is 25.9. The van der Waals surface area contributed by atoms with Crippen molar-refractivity contribution in [2.24, 2.45) is 5.73 Å². The minimum Gasteiger partial charge on any atom is -0.423 e. The standard InChI is InChI=1S/C23H12F8N2O4/c24-11-7-13-12(6-10(11)14-15(25)17(27)19(29)18(28)16(14)26)33(22(35)23(30,31)37-13)21(20(32)34)36-8-9-4-2-1-3-5-9/h1-7,21H,8H2,(H2,32,34). The molecule has 6 nitrogen and oxygen atoms in total. The summed E-state index contributed by atoms with van der Waals surface area (Å²) in [7, 11) is 0. The first-order chi connectivity index (χ1) is 17.3. The first-order valence-corrected chi connectivity index (χ1v) is 10.1. The highest BCUT2D eigenvalue weighted by molar-refractivity contribution is 6.05. The topological polar surface area (TPSA) is 81.9 Å². The molecule has 0 fully saturated rings. The maximum absolute atomic E-state index is 14.8. The molecular weight excluding hydrogens is 520 g/mol. The van der Waals surface area contributed by atoms with Gasteiger partial charge in [0.25, 0.3) is 5.91 Å². The Bertz CT molecular complexity index is 1390. The highest BCUT2D eigenvalue weighted by Gasteiger charge is 2.54. The number of amides is 2. The first-order valence-electron chi connectivity index (χ1n) is 10.1. The van der Waals surface area contributed by atoms with E-state index in [1.165, 1.54) is 12.1 Å². The van der Waals surface area contributed by atoms with Gasteiger partial charge in [0.05, 0.1) is 17.9 Å². The molecule has 3 aromatic carbocycles. The van der Waals surface area contributed by atoms with Crippen LogP contribution in [-0.2, 0) is 20.9 Å². The van der Waals surface area contributed by atoms with Gasteiger partial charge < -0.3 is 15.2 Å². The number of nitrogens with zero attached hydrogens (tertiary/aromatic N) is 1. The Morgan fingerprint density at radius 1 is 0.946 bits per heavy atom. The summed E-state index contributed by atoms with van der Waals surface area (Å²) in [5.74, 6) is -18.9. The summed E-state index contributed by atoms with van der Waals surface area (Å²) in [5, 5.41) is 0. The molecule has 0 spiro atoms. The van der Waals surface area contributed by atoms with Gasteiger partial charge in [0.1, 0.15) is 5.82 Å². The van der Waals surface area contributed by atoms with E-state index in [9.17, 15) is 44.7 Å². The van der Waals surface area contributed by atoms with Gasteiger partial charge in [-0.15, -0.1) is 0 Å². The zero-order valence-corrected chi connectivity index (χ0v) is 18.0. The Hall–Kier alpha value is -4.20.